The molecule has 1 N–H and O–H groups in total. The molecule has 0 saturated heterocycles. The first-order chi connectivity index (χ1) is 9.31. The minimum Gasteiger partial charge on any atom is -0.468 e. The lowest BCUT2D eigenvalue weighted by Crippen LogP contribution is -2.25. The maximum atomic E-state index is 5.67. The van der Waals surface area contributed by atoms with Gasteiger partial charge in [0.05, 0.1) is 12.8 Å². The summed E-state index contributed by atoms with van der Waals surface area (Å²) in [6, 6.07) is 2.88. The third kappa shape index (κ3) is 3.83. The standard InChI is InChI=1S/C16H26N2O/c1-18(11-13-4-2-3-5-13)12-16-14(8-9-19-16)10-17-15-6-7-15/h8-9,13,15,17H,2-7,10-12H2,1H3. The Labute approximate surface area is 116 Å². The highest BCUT2D eigenvalue weighted by Crippen LogP contribution is 2.26. The quantitative estimate of drug-likeness (QED) is 0.818. The third-order valence-corrected chi connectivity index (χ3v) is 4.45. The molecule has 3 rings (SSSR count). The molecule has 19 heavy (non-hydrogen) atoms. The number of rotatable bonds is 7. The van der Waals surface area contributed by atoms with E-state index in [4.69, 9.17) is 4.42 Å². The molecule has 0 atom stereocenters. The molecule has 0 aromatic carbocycles. The van der Waals surface area contributed by atoms with Gasteiger partial charge in [0.15, 0.2) is 0 Å². The molecule has 0 radical (unpaired) electrons. The predicted molar refractivity (Wildman–Crippen MR) is 76.9 cm³/mol. The van der Waals surface area contributed by atoms with Gasteiger partial charge in [-0.25, -0.2) is 0 Å². The van der Waals surface area contributed by atoms with Gasteiger partial charge < -0.3 is 9.73 Å². The van der Waals surface area contributed by atoms with Gasteiger partial charge >= 0.3 is 0 Å². The van der Waals surface area contributed by atoms with E-state index >= 15 is 0 Å². The first-order valence-electron chi connectivity index (χ1n) is 7.78. The Morgan fingerprint density at radius 2 is 2.05 bits per heavy atom. The van der Waals surface area contributed by atoms with E-state index in [1.54, 1.807) is 0 Å². The number of furan rings is 1. The molecule has 2 saturated carbocycles. The Hall–Kier alpha value is -0.800. The van der Waals surface area contributed by atoms with Crippen LogP contribution in [0.2, 0.25) is 0 Å². The number of hydrogen-bond donors (Lipinski definition) is 1. The van der Waals surface area contributed by atoms with Crippen LogP contribution in [0, 0.1) is 5.92 Å². The summed E-state index contributed by atoms with van der Waals surface area (Å²) in [6.45, 7) is 3.13. The smallest absolute Gasteiger partial charge is 0.122 e. The van der Waals surface area contributed by atoms with Crippen molar-refractivity contribution in [1.29, 1.82) is 0 Å². The van der Waals surface area contributed by atoms with Crippen LogP contribution in [0.5, 0.6) is 0 Å². The highest BCUT2D eigenvalue weighted by molar-refractivity contribution is 5.17. The van der Waals surface area contributed by atoms with Crippen molar-refractivity contribution in [2.75, 3.05) is 13.6 Å². The molecule has 1 aromatic heterocycles. The lowest BCUT2D eigenvalue weighted by atomic mass is 10.1. The van der Waals surface area contributed by atoms with E-state index in [0.717, 1.165) is 30.8 Å². The van der Waals surface area contributed by atoms with Crippen LogP contribution in [-0.4, -0.2) is 24.5 Å². The van der Waals surface area contributed by atoms with Gasteiger partial charge in [0.2, 0.25) is 0 Å². The molecule has 3 nitrogen and oxygen atoms in total. The second-order valence-electron chi connectivity index (χ2n) is 6.37. The van der Waals surface area contributed by atoms with Gasteiger partial charge in [-0.15, -0.1) is 0 Å². The molecule has 1 aromatic rings. The van der Waals surface area contributed by atoms with E-state index in [1.807, 2.05) is 6.26 Å². The molecule has 0 amide bonds. The second-order valence-corrected chi connectivity index (χ2v) is 6.37. The first-order valence-corrected chi connectivity index (χ1v) is 7.78. The fourth-order valence-corrected chi connectivity index (χ4v) is 3.15. The highest BCUT2D eigenvalue weighted by Gasteiger charge is 2.21. The molecular weight excluding hydrogens is 236 g/mol. The van der Waals surface area contributed by atoms with Crippen LogP contribution in [0.3, 0.4) is 0 Å². The van der Waals surface area contributed by atoms with E-state index in [1.165, 1.54) is 50.6 Å². The van der Waals surface area contributed by atoms with Crippen LogP contribution in [0.15, 0.2) is 16.7 Å². The summed E-state index contributed by atoms with van der Waals surface area (Å²) in [7, 11) is 2.22. The third-order valence-electron chi connectivity index (χ3n) is 4.45. The van der Waals surface area contributed by atoms with E-state index < -0.39 is 0 Å². The van der Waals surface area contributed by atoms with Crippen molar-refractivity contribution in [2.24, 2.45) is 5.92 Å². The first kappa shape index (κ1) is 13.2. The van der Waals surface area contributed by atoms with E-state index in [9.17, 15) is 0 Å². The summed E-state index contributed by atoms with van der Waals surface area (Å²) in [5.41, 5.74) is 1.34. The maximum Gasteiger partial charge on any atom is 0.122 e. The summed E-state index contributed by atoms with van der Waals surface area (Å²) in [4.78, 5) is 2.43. The molecular formula is C16H26N2O. The molecule has 2 aliphatic carbocycles. The molecule has 3 heteroatoms. The van der Waals surface area contributed by atoms with Crippen LogP contribution in [0.25, 0.3) is 0 Å². The van der Waals surface area contributed by atoms with Gasteiger partial charge in [0.1, 0.15) is 5.76 Å². The molecule has 0 bridgehead atoms. The zero-order chi connectivity index (χ0) is 13.1. The molecule has 0 aliphatic heterocycles. The zero-order valence-corrected chi connectivity index (χ0v) is 12.0. The summed E-state index contributed by atoms with van der Waals surface area (Å²) < 4.78 is 5.67. The van der Waals surface area contributed by atoms with Crippen molar-refractivity contribution in [3.8, 4) is 0 Å². The number of hydrogen-bond acceptors (Lipinski definition) is 3. The van der Waals surface area contributed by atoms with Crippen LogP contribution in [-0.2, 0) is 13.1 Å². The zero-order valence-electron chi connectivity index (χ0n) is 12.0. The minimum atomic E-state index is 0.763. The van der Waals surface area contributed by atoms with Crippen molar-refractivity contribution in [3.63, 3.8) is 0 Å². The van der Waals surface area contributed by atoms with Gasteiger partial charge in [-0.1, -0.05) is 12.8 Å². The van der Waals surface area contributed by atoms with Crippen molar-refractivity contribution in [1.82, 2.24) is 10.2 Å². The van der Waals surface area contributed by atoms with Crippen LogP contribution >= 0.6 is 0 Å². The minimum absolute atomic E-state index is 0.763. The second kappa shape index (κ2) is 6.10. The Bertz CT molecular complexity index is 391. The van der Waals surface area contributed by atoms with E-state index in [0.29, 0.717) is 0 Å². The Morgan fingerprint density at radius 3 is 2.79 bits per heavy atom. The van der Waals surface area contributed by atoms with Gasteiger partial charge in [-0.05, 0) is 44.7 Å². The summed E-state index contributed by atoms with van der Waals surface area (Å²) in [5.74, 6) is 2.06. The Balaban J connectivity index is 1.48. The summed E-state index contributed by atoms with van der Waals surface area (Å²) in [6.07, 6.45) is 10.2. The number of nitrogens with zero attached hydrogens (tertiary/aromatic N) is 1. The average Bonchev–Trinajstić information content (AvgIpc) is 2.89. The molecule has 2 fully saturated rings. The van der Waals surface area contributed by atoms with Crippen molar-refractivity contribution >= 4 is 0 Å². The van der Waals surface area contributed by atoms with Crippen LogP contribution < -0.4 is 5.32 Å². The van der Waals surface area contributed by atoms with Crippen molar-refractivity contribution < 1.29 is 4.42 Å². The van der Waals surface area contributed by atoms with Crippen molar-refractivity contribution in [2.45, 2.75) is 57.7 Å². The molecule has 106 valence electrons. The Kier molecular flexibility index (Phi) is 4.24. The fourth-order valence-electron chi connectivity index (χ4n) is 3.15. The summed E-state index contributed by atoms with van der Waals surface area (Å²) in [5, 5.41) is 3.57. The monoisotopic (exact) mass is 262 g/mol. The lowest BCUT2D eigenvalue weighted by Gasteiger charge is -2.20. The predicted octanol–water partition coefficient (Wildman–Crippen LogP) is 3.15. The maximum absolute atomic E-state index is 5.67. The van der Waals surface area contributed by atoms with Gasteiger partial charge in [-0.2, -0.15) is 0 Å². The molecule has 0 unspecified atom stereocenters. The number of nitrogens with one attached hydrogen (secondary N) is 1. The SMILES string of the molecule is CN(Cc1occc1CNC1CC1)CC1CCCC1. The van der Waals surface area contributed by atoms with Gasteiger partial charge in [0, 0.05) is 24.7 Å². The Morgan fingerprint density at radius 1 is 1.26 bits per heavy atom. The van der Waals surface area contributed by atoms with Crippen LogP contribution in [0.4, 0.5) is 0 Å². The molecule has 0 spiro atoms. The highest BCUT2D eigenvalue weighted by atomic mass is 16.3. The fraction of sp³-hybridized carbons (Fsp3) is 0.750. The van der Waals surface area contributed by atoms with Crippen LogP contribution in [0.1, 0.15) is 49.8 Å². The van der Waals surface area contributed by atoms with Crippen molar-refractivity contribution in [3.05, 3.63) is 23.7 Å². The molecule has 2 aliphatic rings. The molecule has 1 heterocycles. The largest absolute Gasteiger partial charge is 0.468 e. The average molecular weight is 262 g/mol. The normalized spacial score (nSPS) is 20.5. The summed E-state index contributed by atoms with van der Waals surface area (Å²) >= 11 is 0. The lowest BCUT2D eigenvalue weighted by molar-refractivity contribution is 0.250. The van der Waals surface area contributed by atoms with E-state index in [-0.39, 0.29) is 0 Å². The van der Waals surface area contributed by atoms with Gasteiger partial charge in [0.25, 0.3) is 0 Å². The van der Waals surface area contributed by atoms with Gasteiger partial charge in [-0.3, -0.25) is 4.90 Å². The van der Waals surface area contributed by atoms with E-state index in [2.05, 4.69) is 23.3 Å². The topological polar surface area (TPSA) is 28.4 Å².